The van der Waals surface area contributed by atoms with Crippen molar-refractivity contribution in [3.8, 4) is 11.8 Å². The van der Waals surface area contributed by atoms with Crippen LogP contribution in [-0.4, -0.2) is 43.2 Å². The summed E-state index contributed by atoms with van der Waals surface area (Å²) in [5.41, 5.74) is 0.612. The minimum Gasteiger partial charge on any atom is -0.487 e. The Morgan fingerprint density at radius 1 is 1.29 bits per heavy atom. The number of hydrogen-bond acceptors (Lipinski definition) is 4. The van der Waals surface area contributed by atoms with E-state index in [0.29, 0.717) is 31.2 Å². The molecule has 1 aromatic rings. The van der Waals surface area contributed by atoms with Crippen molar-refractivity contribution in [3.05, 3.63) is 29.8 Å². The molecule has 110 valence electrons. The molecule has 0 spiro atoms. The molecule has 3 rings (SSSR count). The van der Waals surface area contributed by atoms with E-state index in [2.05, 4.69) is 6.07 Å². The van der Waals surface area contributed by atoms with Gasteiger partial charge >= 0.3 is 0 Å². The van der Waals surface area contributed by atoms with Crippen molar-refractivity contribution in [2.45, 2.75) is 18.9 Å². The second-order valence-electron chi connectivity index (χ2n) is 5.63. The number of rotatable bonds is 6. The van der Waals surface area contributed by atoms with E-state index >= 15 is 0 Å². The average Bonchev–Trinajstić information content (AvgIpc) is 3.27. The molecule has 1 aromatic carbocycles. The Morgan fingerprint density at radius 3 is 2.62 bits per heavy atom. The van der Waals surface area contributed by atoms with Crippen LogP contribution in [0.15, 0.2) is 24.3 Å². The van der Waals surface area contributed by atoms with Crippen LogP contribution in [0.3, 0.4) is 0 Å². The molecule has 0 unspecified atom stereocenters. The fourth-order valence-electron chi connectivity index (χ4n) is 2.21. The Labute approximate surface area is 124 Å². The summed E-state index contributed by atoms with van der Waals surface area (Å²) in [6.07, 6.45) is 2.50. The van der Waals surface area contributed by atoms with Gasteiger partial charge < -0.3 is 14.4 Å². The topological polar surface area (TPSA) is 62.6 Å². The molecule has 2 fully saturated rings. The molecule has 21 heavy (non-hydrogen) atoms. The number of amides is 1. The summed E-state index contributed by atoms with van der Waals surface area (Å²) in [7, 11) is 0. The molecular weight excluding hydrogens is 268 g/mol. The van der Waals surface area contributed by atoms with Crippen LogP contribution in [0.1, 0.15) is 18.4 Å². The number of carbonyl (C=O) groups is 1. The van der Waals surface area contributed by atoms with Crippen LogP contribution >= 0.6 is 0 Å². The van der Waals surface area contributed by atoms with Gasteiger partial charge in [-0.1, -0.05) is 0 Å². The molecule has 2 aliphatic rings. The van der Waals surface area contributed by atoms with Gasteiger partial charge in [0.15, 0.2) is 0 Å². The zero-order valence-electron chi connectivity index (χ0n) is 11.8. The van der Waals surface area contributed by atoms with Gasteiger partial charge in [-0.15, -0.1) is 0 Å². The molecule has 0 radical (unpaired) electrons. The summed E-state index contributed by atoms with van der Waals surface area (Å²) in [5, 5.41) is 8.73. The fraction of sp³-hybridized carbons (Fsp3) is 0.500. The Bertz CT molecular complexity index is 540. The molecule has 1 saturated heterocycles. The zero-order valence-corrected chi connectivity index (χ0v) is 11.8. The number of benzene rings is 1. The second-order valence-corrected chi connectivity index (χ2v) is 5.63. The number of hydrogen-bond donors (Lipinski definition) is 0. The lowest BCUT2D eigenvalue weighted by Crippen LogP contribution is -2.57. The van der Waals surface area contributed by atoms with E-state index in [9.17, 15) is 4.79 Å². The molecule has 1 aliphatic carbocycles. The highest BCUT2D eigenvalue weighted by atomic mass is 16.5. The second kappa shape index (κ2) is 6.15. The number of ether oxygens (including phenoxy) is 2. The van der Waals surface area contributed by atoms with Crippen LogP contribution in [0.4, 0.5) is 0 Å². The van der Waals surface area contributed by atoms with E-state index in [1.807, 2.05) is 0 Å². The van der Waals surface area contributed by atoms with E-state index in [1.54, 1.807) is 29.2 Å². The van der Waals surface area contributed by atoms with Gasteiger partial charge in [-0.3, -0.25) is 4.79 Å². The lowest BCUT2D eigenvalue weighted by molar-refractivity contribution is -0.145. The highest BCUT2D eigenvalue weighted by Gasteiger charge is 2.32. The average molecular weight is 286 g/mol. The molecule has 0 atom stereocenters. The van der Waals surface area contributed by atoms with Gasteiger partial charge in [-0.2, -0.15) is 5.26 Å². The van der Waals surface area contributed by atoms with E-state index in [-0.39, 0.29) is 18.6 Å². The molecule has 0 aromatic heterocycles. The fourth-order valence-corrected chi connectivity index (χ4v) is 2.21. The maximum Gasteiger partial charge on any atom is 0.248 e. The van der Waals surface area contributed by atoms with E-state index < -0.39 is 0 Å². The largest absolute Gasteiger partial charge is 0.487 e. The lowest BCUT2D eigenvalue weighted by Gasteiger charge is -2.38. The van der Waals surface area contributed by atoms with Crippen LogP contribution in [0.25, 0.3) is 0 Å². The quantitative estimate of drug-likeness (QED) is 0.796. The van der Waals surface area contributed by atoms with Crippen LogP contribution in [0.5, 0.6) is 5.75 Å². The van der Waals surface area contributed by atoms with Crippen molar-refractivity contribution in [1.29, 1.82) is 5.26 Å². The van der Waals surface area contributed by atoms with Crippen molar-refractivity contribution in [2.75, 3.05) is 26.3 Å². The first-order valence-corrected chi connectivity index (χ1v) is 7.27. The van der Waals surface area contributed by atoms with Crippen molar-refractivity contribution >= 4 is 5.91 Å². The molecule has 1 aliphatic heterocycles. The van der Waals surface area contributed by atoms with Gasteiger partial charge in [0, 0.05) is 0 Å². The molecule has 1 saturated carbocycles. The standard InChI is InChI=1S/C16H18N2O3/c17-7-12-3-5-14(6-4-12)21-15-8-18(9-15)16(19)11-20-10-13-1-2-13/h3-6,13,15H,1-2,8-11H2. The Hall–Kier alpha value is -2.06. The van der Waals surface area contributed by atoms with Crippen LogP contribution in [0, 0.1) is 17.2 Å². The van der Waals surface area contributed by atoms with Gasteiger partial charge in [-0.05, 0) is 43.0 Å². The summed E-state index contributed by atoms with van der Waals surface area (Å²) in [4.78, 5) is 13.6. The minimum atomic E-state index is 0.0327. The molecule has 1 amide bonds. The van der Waals surface area contributed by atoms with E-state index in [1.165, 1.54) is 12.8 Å². The highest BCUT2D eigenvalue weighted by molar-refractivity contribution is 5.78. The lowest BCUT2D eigenvalue weighted by atomic mass is 10.1. The van der Waals surface area contributed by atoms with Gasteiger partial charge in [-0.25, -0.2) is 0 Å². The molecule has 1 heterocycles. The number of nitrogens with zero attached hydrogens (tertiary/aromatic N) is 2. The predicted molar refractivity (Wildman–Crippen MR) is 75.7 cm³/mol. The Morgan fingerprint density at radius 2 is 2.00 bits per heavy atom. The van der Waals surface area contributed by atoms with Crippen LogP contribution in [-0.2, 0) is 9.53 Å². The maximum atomic E-state index is 11.8. The van der Waals surface area contributed by atoms with Gasteiger partial charge in [0.2, 0.25) is 5.91 Å². The smallest absolute Gasteiger partial charge is 0.248 e. The van der Waals surface area contributed by atoms with Crippen molar-refractivity contribution < 1.29 is 14.3 Å². The highest BCUT2D eigenvalue weighted by Crippen LogP contribution is 2.28. The van der Waals surface area contributed by atoms with E-state index in [4.69, 9.17) is 14.7 Å². The summed E-state index contributed by atoms with van der Waals surface area (Å²) >= 11 is 0. The molecule has 5 heteroatoms. The molecule has 0 bridgehead atoms. The van der Waals surface area contributed by atoms with Crippen molar-refractivity contribution in [1.82, 2.24) is 4.90 Å². The molecule has 0 N–H and O–H groups in total. The summed E-state index contributed by atoms with van der Waals surface area (Å²) in [6, 6.07) is 9.08. The predicted octanol–water partition coefficient (Wildman–Crippen LogP) is 1.57. The maximum absolute atomic E-state index is 11.8. The normalized spacial score (nSPS) is 18.0. The Kier molecular flexibility index (Phi) is 4.07. The monoisotopic (exact) mass is 286 g/mol. The summed E-state index contributed by atoms with van der Waals surface area (Å²) in [5.74, 6) is 1.45. The first-order chi connectivity index (χ1) is 10.2. The Balaban J connectivity index is 1.36. The third kappa shape index (κ3) is 3.73. The van der Waals surface area contributed by atoms with Gasteiger partial charge in [0.05, 0.1) is 31.3 Å². The van der Waals surface area contributed by atoms with Crippen LogP contribution < -0.4 is 4.74 Å². The number of carbonyl (C=O) groups excluding carboxylic acids is 1. The third-order valence-corrected chi connectivity index (χ3v) is 3.76. The van der Waals surface area contributed by atoms with Gasteiger partial charge in [0.1, 0.15) is 18.5 Å². The van der Waals surface area contributed by atoms with E-state index in [0.717, 1.165) is 5.75 Å². The number of likely N-dealkylation sites (tertiary alicyclic amines) is 1. The van der Waals surface area contributed by atoms with Crippen LogP contribution in [0.2, 0.25) is 0 Å². The SMILES string of the molecule is N#Cc1ccc(OC2CN(C(=O)COCC3CC3)C2)cc1. The summed E-state index contributed by atoms with van der Waals surface area (Å²) in [6.45, 7) is 2.10. The minimum absolute atomic E-state index is 0.0327. The van der Waals surface area contributed by atoms with Crippen molar-refractivity contribution in [2.24, 2.45) is 5.92 Å². The van der Waals surface area contributed by atoms with Crippen molar-refractivity contribution in [3.63, 3.8) is 0 Å². The van der Waals surface area contributed by atoms with Gasteiger partial charge in [0.25, 0.3) is 0 Å². The first kappa shape index (κ1) is 13.9. The first-order valence-electron chi connectivity index (χ1n) is 7.27. The third-order valence-electron chi connectivity index (χ3n) is 3.76. The molecule has 5 nitrogen and oxygen atoms in total. The zero-order chi connectivity index (χ0) is 14.7. The summed E-state index contributed by atoms with van der Waals surface area (Å²) < 4.78 is 11.1. The number of nitriles is 1. The molecular formula is C16H18N2O3.